The van der Waals surface area contributed by atoms with E-state index in [9.17, 15) is 9.90 Å². The molecule has 0 saturated carbocycles. The number of hydrogen-bond acceptors (Lipinski definition) is 3. The molecule has 0 aliphatic rings. The quantitative estimate of drug-likeness (QED) is 0.686. The SMILES string of the molecule is CCCC(CCC(O)c1ccccn1)C(C)(C)NC(=O)O. The Balaban J connectivity index is 2.64. The van der Waals surface area contributed by atoms with E-state index >= 15 is 0 Å². The van der Waals surface area contributed by atoms with Crippen molar-refractivity contribution in [3.8, 4) is 0 Å². The Labute approximate surface area is 126 Å². The van der Waals surface area contributed by atoms with Gasteiger partial charge in [-0.05, 0) is 51.2 Å². The van der Waals surface area contributed by atoms with Gasteiger partial charge in [-0.15, -0.1) is 0 Å². The first-order valence-corrected chi connectivity index (χ1v) is 7.47. The summed E-state index contributed by atoms with van der Waals surface area (Å²) in [6, 6.07) is 5.47. The summed E-state index contributed by atoms with van der Waals surface area (Å²) >= 11 is 0. The molecule has 2 atom stereocenters. The number of aliphatic hydroxyl groups excluding tert-OH is 1. The van der Waals surface area contributed by atoms with Crippen molar-refractivity contribution in [1.29, 1.82) is 0 Å². The molecule has 0 aromatic carbocycles. The summed E-state index contributed by atoms with van der Waals surface area (Å²) in [5.74, 6) is 0.178. The second kappa shape index (κ2) is 7.98. The number of carboxylic acid groups (broad SMARTS) is 1. The fraction of sp³-hybridized carbons (Fsp3) is 0.625. The predicted molar refractivity (Wildman–Crippen MR) is 82.1 cm³/mol. The van der Waals surface area contributed by atoms with Gasteiger partial charge in [0.1, 0.15) is 0 Å². The fourth-order valence-electron chi connectivity index (χ4n) is 2.67. The second-order valence-corrected chi connectivity index (χ2v) is 5.99. The van der Waals surface area contributed by atoms with Crippen LogP contribution >= 0.6 is 0 Å². The Morgan fingerprint density at radius 1 is 1.33 bits per heavy atom. The molecule has 1 aromatic rings. The van der Waals surface area contributed by atoms with Crippen molar-refractivity contribution in [2.45, 2.75) is 58.1 Å². The third kappa shape index (κ3) is 5.71. The van der Waals surface area contributed by atoms with Gasteiger partial charge in [-0.25, -0.2) is 4.79 Å². The van der Waals surface area contributed by atoms with Gasteiger partial charge >= 0.3 is 6.09 Å². The number of aromatic nitrogens is 1. The van der Waals surface area contributed by atoms with E-state index in [0.717, 1.165) is 19.3 Å². The molecule has 1 amide bonds. The minimum Gasteiger partial charge on any atom is -0.465 e. The lowest BCUT2D eigenvalue weighted by Gasteiger charge is -2.34. The van der Waals surface area contributed by atoms with E-state index < -0.39 is 17.7 Å². The van der Waals surface area contributed by atoms with Crippen LogP contribution in [0.1, 0.15) is 58.3 Å². The average molecular weight is 294 g/mol. The van der Waals surface area contributed by atoms with Crippen LogP contribution in [-0.4, -0.2) is 26.8 Å². The summed E-state index contributed by atoms with van der Waals surface area (Å²) in [6.45, 7) is 5.88. The second-order valence-electron chi connectivity index (χ2n) is 5.99. The zero-order valence-corrected chi connectivity index (χ0v) is 13.0. The van der Waals surface area contributed by atoms with Crippen molar-refractivity contribution < 1.29 is 15.0 Å². The maximum Gasteiger partial charge on any atom is 0.405 e. The first-order chi connectivity index (χ1) is 9.86. The van der Waals surface area contributed by atoms with Gasteiger partial charge in [-0.3, -0.25) is 4.98 Å². The number of nitrogens with zero attached hydrogens (tertiary/aromatic N) is 1. The molecule has 1 heterocycles. The first kappa shape index (κ1) is 17.4. The third-order valence-electron chi connectivity index (χ3n) is 3.90. The summed E-state index contributed by atoms with van der Waals surface area (Å²) in [5.41, 5.74) is 0.155. The van der Waals surface area contributed by atoms with Gasteiger partial charge in [0.15, 0.2) is 0 Å². The van der Waals surface area contributed by atoms with Gasteiger partial charge in [0.2, 0.25) is 0 Å². The monoisotopic (exact) mass is 294 g/mol. The number of pyridine rings is 1. The number of rotatable bonds is 8. The molecule has 0 fully saturated rings. The highest BCUT2D eigenvalue weighted by Crippen LogP contribution is 2.29. The topological polar surface area (TPSA) is 82.5 Å². The summed E-state index contributed by atoms with van der Waals surface area (Å²) in [5, 5.41) is 21.7. The summed E-state index contributed by atoms with van der Waals surface area (Å²) in [7, 11) is 0. The lowest BCUT2D eigenvalue weighted by atomic mass is 9.80. The van der Waals surface area contributed by atoms with Crippen molar-refractivity contribution in [1.82, 2.24) is 10.3 Å². The zero-order chi connectivity index (χ0) is 15.9. The molecule has 1 aromatic heterocycles. The Hall–Kier alpha value is -1.62. The lowest BCUT2D eigenvalue weighted by molar-refractivity contribution is 0.128. The normalized spacial score (nSPS) is 14.5. The molecule has 1 rings (SSSR count). The van der Waals surface area contributed by atoms with E-state index in [1.54, 1.807) is 12.3 Å². The van der Waals surface area contributed by atoms with Gasteiger partial charge in [-0.1, -0.05) is 19.4 Å². The Morgan fingerprint density at radius 3 is 2.57 bits per heavy atom. The van der Waals surface area contributed by atoms with Crippen molar-refractivity contribution in [2.75, 3.05) is 0 Å². The molecule has 0 aliphatic carbocycles. The van der Waals surface area contributed by atoms with Crippen LogP contribution in [0.15, 0.2) is 24.4 Å². The largest absolute Gasteiger partial charge is 0.465 e. The van der Waals surface area contributed by atoms with Crippen LogP contribution in [0.2, 0.25) is 0 Å². The number of carbonyl (C=O) groups is 1. The Kier molecular flexibility index (Phi) is 6.62. The molecule has 21 heavy (non-hydrogen) atoms. The highest BCUT2D eigenvalue weighted by Gasteiger charge is 2.30. The molecule has 2 unspecified atom stereocenters. The lowest BCUT2D eigenvalue weighted by Crippen LogP contribution is -2.48. The van der Waals surface area contributed by atoms with Crippen molar-refractivity contribution in [2.24, 2.45) is 5.92 Å². The van der Waals surface area contributed by atoms with E-state index in [2.05, 4.69) is 17.2 Å². The average Bonchev–Trinajstić information content (AvgIpc) is 2.42. The van der Waals surface area contributed by atoms with Gasteiger partial charge in [-0.2, -0.15) is 0 Å². The standard InChI is InChI=1S/C16H26N2O3/c1-4-7-12(16(2,3)18-15(20)21)9-10-14(19)13-8-5-6-11-17-13/h5-6,8,11-12,14,18-19H,4,7,9-10H2,1-3H3,(H,20,21). The van der Waals surface area contributed by atoms with Crippen LogP contribution in [0.3, 0.4) is 0 Å². The number of nitrogens with one attached hydrogen (secondary N) is 1. The van der Waals surface area contributed by atoms with E-state index in [0.29, 0.717) is 12.1 Å². The maximum atomic E-state index is 10.9. The molecule has 0 radical (unpaired) electrons. The summed E-state index contributed by atoms with van der Waals surface area (Å²) in [4.78, 5) is 15.1. The molecule has 0 spiro atoms. The Morgan fingerprint density at radius 2 is 2.05 bits per heavy atom. The summed E-state index contributed by atoms with van der Waals surface area (Å²) in [6.07, 6.45) is 3.28. The van der Waals surface area contributed by atoms with Gasteiger partial charge in [0, 0.05) is 11.7 Å². The predicted octanol–water partition coefficient (Wildman–Crippen LogP) is 3.36. The van der Waals surface area contributed by atoms with E-state index in [1.165, 1.54) is 0 Å². The third-order valence-corrected chi connectivity index (χ3v) is 3.90. The molecule has 5 nitrogen and oxygen atoms in total. The minimum absolute atomic E-state index is 0.178. The van der Waals surface area contributed by atoms with Gasteiger partial charge < -0.3 is 15.5 Å². The zero-order valence-electron chi connectivity index (χ0n) is 13.0. The first-order valence-electron chi connectivity index (χ1n) is 7.47. The smallest absolute Gasteiger partial charge is 0.405 e. The highest BCUT2D eigenvalue weighted by molar-refractivity contribution is 5.65. The molecule has 0 aliphatic heterocycles. The van der Waals surface area contributed by atoms with Crippen LogP contribution in [0.25, 0.3) is 0 Å². The van der Waals surface area contributed by atoms with Gasteiger partial charge in [0.25, 0.3) is 0 Å². The molecule has 118 valence electrons. The van der Waals surface area contributed by atoms with Crippen LogP contribution in [0.4, 0.5) is 4.79 Å². The van der Waals surface area contributed by atoms with Crippen molar-refractivity contribution in [3.05, 3.63) is 30.1 Å². The van der Waals surface area contributed by atoms with Crippen LogP contribution in [0, 0.1) is 5.92 Å². The van der Waals surface area contributed by atoms with Crippen molar-refractivity contribution >= 4 is 6.09 Å². The maximum absolute atomic E-state index is 10.9. The van der Waals surface area contributed by atoms with Crippen molar-refractivity contribution in [3.63, 3.8) is 0 Å². The molecular weight excluding hydrogens is 268 g/mol. The highest BCUT2D eigenvalue weighted by atomic mass is 16.4. The fourth-order valence-corrected chi connectivity index (χ4v) is 2.67. The summed E-state index contributed by atoms with van der Waals surface area (Å²) < 4.78 is 0. The minimum atomic E-state index is -1.01. The van der Waals surface area contributed by atoms with Crippen LogP contribution < -0.4 is 5.32 Å². The molecular formula is C16H26N2O3. The molecule has 0 bridgehead atoms. The van der Waals surface area contributed by atoms with Gasteiger partial charge in [0.05, 0.1) is 11.8 Å². The van der Waals surface area contributed by atoms with E-state index in [4.69, 9.17) is 5.11 Å². The molecule has 5 heteroatoms. The van der Waals surface area contributed by atoms with E-state index in [1.807, 2.05) is 26.0 Å². The Bertz CT molecular complexity index is 434. The number of aliphatic hydroxyl groups is 1. The number of hydrogen-bond donors (Lipinski definition) is 3. The van der Waals surface area contributed by atoms with Crippen LogP contribution in [0.5, 0.6) is 0 Å². The number of amides is 1. The molecule has 0 saturated heterocycles. The van der Waals surface area contributed by atoms with Crippen LogP contribution in [-0.2, 0) is 0 Å². The van der Waals surface area contributed by atoms with E-state index in [-0.39, 0.29) is 5.92 Å². The molecule has 3 N–H and O–H groups in total.